The molecule has 3 N–H and O–H groups in total. The van der Waals surface area contributed by atoms with Gasteiger partial charge in [0.2, 0.25) is 0 Å². The van der Waals surface area contributed by atoms with Gasteiger partial charge in [0.1, 0.15) is 0 Å². The molecule has 1 unspecified atom stereocenters. The molecule has 1 rings (SSSR count). The fourth-order valence-electron chi connectivity index (χ4n) is 2.52. The van der Waals surface area contributed by atoms with Crippen LogP contribution < -0.4 is 5.73 Å². The first-order valence-electron chi connectivity index (χ1n) is 7.40. The maximum atomic E-state index is 7.36. The van der Waals surface area contributed by atoms with Gasteiger partial charge in [-0.15, -0.1) is 0 Å². The molecule has 0 amide bonds. The van der Waals surface area contributed by atoms with E-state index in [1.165, 1.54) is 0 Å². The van der Waals surface area contributed by atoms with Crippen molar-refractivity contribution in [1.82, 2.24) is 9.80 Å². The van der Waals surface area contributed by atoms with Crippen LogP contribution in [0.1, 0.15) is 27.2 Å². The number of ether oxygens (including phenoxy) is 1. The number of amidine groups is 1. The molecule has 1 fully saturated rings. The molecule has 19 heavy (non-hydrogen) atoms. The van der Waals surface area contributed by atoms with Crippen molar-refractivity contribution < 1.29 is 4.74 Å². The van der Waals surface area contributed by atoms with Crippen LogP contribution in [-0.2, 0) is 4.74 Å². The quantitative estimate of drug-likeness (QED) is 0.510. The minimum Gasteiger partial charge on any atom is -0.388 e. The van der Waals surface area contributed by atoms with Crippen LogP contribution in [0.2, 0.25) is 0 Å². The van der Waals surface area contributed by atoms with Crippen molar-refractivity contribution in [2.24, 2.45) is 11.7 Å². The first kappa shape index (κ1) is 16.4. The number of morpholine rings is 1. The Kier molecular flexibility index (Phi) is 7.34. The zero-order valence-corrected chi connectivity index (χ0v) is 12.7. The van der Waals surface area contributed by atoms with E-state index in [1.807, 2.05) is 0 Å². The van der Waals surface area contributed by atoms with Crippen LogP contribution in [0.5, 0.6) is 0 Å². The summed E-state index contributed by atoms with van der Waals surface area (Å²) in [5.41, 5.74) is 5.47. The van der Waals surface area contributed by atoms with E-state index in [4.69, 9.17) is 15.9 Å². The Bertz CT molecular complexity index is 270. The molecule has 0 aromatic heterocycles. The molecule has 1 aliphatic heterocycles. The summed E-state index contributed by atoms with van der Waals surface area (Å²) in [6.07, 6.45) is 0.941. The Morgan fingerprint density at radius 3 is 2.84 bits per heavy atom. The molecule has 1 heterocycles. The van der Waals surface area contributed by atoms with Gasteiger partial charge in [-0.2, -0.15) is 0 Å². The minimum absolute atomic E-state index is 0.272. The van der Waals surface area contributed by atoms with Crippen molar-refractivity contribution >= 4 is 5.84 Å². The van der Waals surface area contributed by atoms with Gasteiger partial charge < -0.3 is 15.4 Å². The lowest BCUT2D eigenvalue weighted by molar-refractivity contribution is -0.0426. The summed E-state index contributed by atoms with van der Waals surface area (Å²) in [5.74, 6) is 0.895. The van der Waals surface area contributed by atoms with E-state index in [-0.39, 0.29) is 5.84 Å². The summed E-state index contributed by atoms with van der Waals surface area (Å²) in [5, 5.41) is 7.36. The Morgan fingerprint density at radius 1 is 1.53 bits per heavy atom. The summed E-state index contributed by atoms with van der Waals surface area (Å²) in [4.78, 5) is 4.82. The topological polar surface area (TPSA) is 65.6 Å². The average molecular weight is 270 g/mol. The van der Waals surface area contributed by atoms with E-state index < -0.39 is 0 Å². The van der Waals surface area contributed by atoms with Crippen molar-refractivity contribution in [2.45, 2.75) is 33.3 Å². The highest BCUT2D eigenvalue weighted by Gasteiger charge is 2.22. The molecule has 0 aliphatic carbocycles. The van der Waals surface area contributed by atoms with E-state index in [9.17, 15) is 0 Å². The van der Waals surface area contributed by atoms with E-state index in [1.54, 1.807) is 0 Å². The summed E-state index contributed by atoms with van der Waals surface area (Å²) in [6.45, 7) is 13.5. The molecule has 5 nitrogen and oxygen atoms in total. The van der Waals surface area contributed by atoms with Gasteiger partial charge in [0.25, 0.3) is 0 Å². The summed E-state index contributed by atoms with van der Waals surface area (Å²) >= 11 is 0. The molecule has 1 saturated heterocycles. The molecule has 0 bridgehead atoms. The molecular formula is C14H30N4O. The Morgan fingerprint density at radius 2 is 2.26 bits per heavy atom. The summed E-state index contributed by atoms with van der Waals surface area (Å²) < 4.78 is 5.86. The number of hydrogen-bond acceptors (Lipinski definition) is 4. The van der Waals surface area contributed by atoms with Crippen LogP contribution in [-0.4, -0.2) is 67.6 Å². The predicted octanol–water partition coefficient (Wildman–Crippen LogP) is 0.991. The standard InChI is InChI=1S/C14H30N4O/c1-4-17-7-8-19-13(10-17)11-18(9-12(2)3)6-5-14(15)16/h12-13H,4-11H2,1-3H3,(H3,15,16). The highest BCUT2D eigenvalue weighted by Crippen LogP contribution is 2.09. The Labute approximate surface area is 117 Å². The monoisotopic (exact) mass is 270 g/mol. The predicted molar refractivity (Wildman–Crippen MR) is 79.7 cm³/mol. The molecule has 0 saturated carbocycles. The smallest absolute Gasteiger partial charge is 0.0918 e. The van der Waals surface area contributed by atoms with Crippen molar-refractivity contribution in [3.63, 3.8) is 0 Å². The number of nitrogens with two attached hydrogens (primary N) is 1. The van der Waals surface area contributed by atoms with Crippen LogP contribution in [0.3, 0.4) is 0 Å². The van der Waals surface area contributed by atoms with Crippen molar-refractivity contribution in [1.29, 1.82) is 5.41 Å². The van der Waals surface area contributed by atoms with Crippen molar-refractivity contribution in [2.75, 3.05) is 45.9 Å². The number of rotatable bonds is 8. The molecule has 5 heteroatoms. The normalized spacial score (nSPS) is 21.2. The molecule has 0 aromatic carbocycles. The van der Waals surface area contributed by atoms with Gasteiger partial charge in [0.15, 0.2) is 0 Å². The molecule has 112 valence electrons. The van der Waals surface area contributed by atoms with Crippen LogP contribution in [0.4, 0.5) is 0 Å². The number of nitrogens with one attached hydrogen (secondary N) is 1. The van der Waals surface area contributed by atoms with Crippen LogP contribution >= 0.6 is 0 Å². The van der Waals surface area contributed by atoms with Gasteiger partial charge in [-0.05, 0) is 12.5 Å². The molecule has 0 spiro atoms. The highest BCUT2D eigenvalue weighted by atomic mass is 16.5. The molecule has 1 atom stereocenters. The molecule has 1 aliphatic rings. The first-order chi connectivity index (χ1) is 9.01. The van der Waals surface area contributed by atoms with E-state index >= 15 is 0 Å². The van der Waals surface area contributed by atoms with Gasteiger partial charge in [-0.3, -0.25) is 10.3 Å². The van der Waals surface area contributed by atoms with Crippen LogP contribution in [0, 0.1) is 11.3 Å². The lowest BCUT2D eigenvalue weighted by Gasteiger charge is -2.35. The summed E-state index contributed by atoms with van der Waals surface area (Å²) in [7, 11) is 0. The molecular weight excluding hydrogens is 240 g/mol. The van der Waals surface area contributed by atoms with Crippen molar-refractivity contribution in [3.05, 3.63) is 0 Å². The van der Waals surface area contributed by atoms with E-state index in [0.29, 0.717) is 18.4 Å². The minimum atomic E-state index is 0.272. The molecule has 0 aromatic rings. The van der Waals surface area contributed by atoms with Gasteiger partial charge in [0.05, 0.1) is 18.5 Å². The number of hydrogen-bond donors (Lipinski definition) is 2. The van der Waals surface area contributed by atoms with Gasteiger partial charge in [-0.25, -0.2) is 0 Å². The van der Waals surface area contributed by atoms with Crippen LogP contribution in [0.25, 0.3) is 0 Å². The SMILES string of the molecule is CCN1CCOC(CN(CCC(=N)N)CC(C)C)C1. The third kappa shape index (κ3) is 6.89. The second-order valence-electron chi connectivity index (χ2n) is 5.81. The maximum absolute atomic E-state index is 7.36. The third-order valence-electron chi connectivity index (χ3n) is 3.45. The zero-order valence-electron chi connectivity index (χ0n) is 12.7. The zero-order chi connectivity index (χ0) is 14.3. The second kappa shape index (κ2) is 8.51. The van der Waals surface area contributed by atoms with Crippen molar-refractivity contribution in [3.8, 4) is 0 Å². The number of likely N-dealkylation sites (N-methyl/N-ethyl adjacent to an activating group) is 1. The van der Waals surface area contributed by atoms with Gasteiger partial charge in [0, 0.05) is 39.1 Å². The lowest BCUT2D eigenvalue weighted by atomic mass is 10.1. The van der Waals surface area contributed by atoms with E-state index in [2.05, 4.69) is 30.6 Å². The molecule has 0 radical (unpaired) electrons. The lowest BCUT2D eigenvalue weighted by Crippen LogP contribution is -2.48. The average Bonchev–Trinajstić information content (AvgIpc) is 2.35. The third-order valence-corrected chi connectivity index (χ3v) is 3.45. The van der Waals surface area contributed by atoms with Gasteiger partial charge >= 0.3 is 0 Å². The summed E-state index contributed by atoms with van der Waals surface area (Å²) in [6, 6.07) is 0. The van der Waals surface area contributed by atoms with Gasteiger partial charge in [-0.1, -0.05) is 20.8 Å². The second-order valence-corrected chi connectivity index (χ2v) is 5.81. The fourth-order valence-corrected chi connectivity index (χ4v) is 2.52. The largest absolute Gasteiger partial charge is 0.388 e. The Balaban J connectivity index is 2.43. The Hall–Kier alpha value is -0.650. The van der Waals surface area contributed by atoms with E-state index in [0.717, 1.165) is 45.9 Å². The fraction of sp³-hybridized carbons (Fsp3) is 0.929. The van der Waals surface area contributed by atoms with Crippen LogP contribution in [0.15, 0.2) is 0 Å². The first-order valence-corrected chi connectivity index (χ1v) is 7.40. The number of nitrogens with zero attached hydrogens (tertiary/aromatic N) is 2. The highest BCUT2D eigenvalue weighted by molar-refractivity contribution is 5.76. The maximum Gasteiger partial charge on any atom is 0.0918 e.